The minimum absolute atomic E-state index is 0.0469. The Morgan fingerprint density at radius 2 is 2.36 bits per heavy atom. The van der Waals surface area contributed by atoms with Crippen LogP contribution in [0.5, 0.6) is 5.75 Å². The molecule has 0 aliphatic carbocycles. The van der Waals surface area contributed by atoms with Crippen LogP contribution in [0.25, 0.3) is 0 Å². The summed E-state index contributed by atoms with van der Waals surface area (Å²) in [5.41, 5.74) is 1.29. The van der Waals surface area contributed by atoms with Crippen LogP contribution in [0.1, 0.15) is 22.3 Å². The molecule has 1 unspecified atom stereocenters. The number of hydrogen-bond donors (Lipinski definition) is 1. The Labute approximate surface area is 89.8 Å². The molecule has 1 atom stereocenters. The SMILES string of the molecule is O=C(O)c1ccc2c(c1)CCC(Br)O2. The van der Waals surface area contributed by atoms with Gasteiger partial charge in [-0.15, -0.1) is 0 Å². The summed E-state index contributed by atoms with van der Waals surface area (Å²) in [6.45, 7) is 0. The number of carbonyl (C=O) groups is 1. The third-order valence-electron chi connectivity index (χ3n) is 2.20. The molecule has 14 heavy (non-hydrogen) atoms. The van der Waals surface area contributed by atoms with Gasteiger partial charge in [-0.2, -0.15) is 0 Å². The number of ether oxygens (including phenoxy) is 1. The zero-order valence-corrected chi connectivity index (χ0v) is 8.95. The number of benzene rings is 1. The van der Waals surface area contributed by atoms with Crippen molar-refractivity contribution in [3.05, 3.63) is 29.3 Å². The van der Waals surface area contributed by atoms with Crippen LogP contribution in [0.15, 0.2) is 18.2 Å². The second-order valence-electron chi connectivity index (χ2n) is 3.19. The maximum absolute atomic E-state index is 10.7. The van der Waals surface area contributed by atoms with Crippen LogP contribution >= 0.6 is 15.9 Å². The first-order valence-electron chi connectivity index (χ1n) is 4.34. The second-order valence-corrected chi connectivity index (χ2v) is 4.22. The zero-order chi connectivity index (χ0) is 10.1. The first kappa shape index (κ1) is 9.52. The Morgan fingerprint density at radius 1 is 1.57 bits per heavy atom. The molecule has 0 bridgehead atoms. The van der Waals surface area contributed by atoms with Crippen molar-refractivity contribution in [1.82, 2.24) is 0 Å². The monoisotopic (exact) mass is 256 g/mol. The summed E-state index contributed by atoms with van der Waals surface area (Å²) in [4.78, 5) is 10.7. The van der Waals surface area contributed by atoms with E-state index in [2.05, 4.69) is 15.9 Å². The third-order valence-corrected chi connectivity index (χ3v) is 2.85. The van der Waals surface area contributed by atoms with E-state index in [-0.39, 0.29) is 5.01 Å². The standard InChI is InChI=1S/C10H9BrO3/c11-9-4-2-6-5-7(10(12)13)1-3-8(6)14-9/h1,3,5,9H,2,4H2,(H,12,13). The third kappa shape index (κ3) is 1.75. The Bertz CT molecular complexity index is 376. The van der Waals surface area contributed by atoms with Gasteiger partial charge in [0.05, 0.1) is 5.56 Å². The Kier molecular flexibility index (Phi) is 2.46. The van der Waals surface area contributed by atoms with Gasteiger partial charge in [0.1, 0.15) is 5.75 Å². The van der Waals surface area contributed by atoms with Crippen molar-refractivity contribution in [2.75, 3.05) is 0 Å². The summed E-state index contributed by atoms with van der Waals surface area (Å²) >= 11 is 3.37. The molecule has 0 fully saturated rings. The lowest BCUT2D eigenvalue weighted by Crippen LogP contribution is -2.16. The van der Waals surface area contributed by atoms with Crippen molar-refractivity contribution >= 4 is 21.9 Å². The molecule has 0 amide bonds. The van der Waals surface area contributed by atoms with E-state index in [1.165, 1.54) is 0 Å². The highest BCUT2D eigenvalue weighted by Crippen LogP contribution is 2.30. The van der Waals surface area contributed by atoms with E-state index in [0.29, 0.717) is 5.56 Å². The second kappa shape index (κ2) is 3.61. The van der Waals surface area contributed by atoms with Crippen LogP contribution in [0, 0.1) is 0 Å². The fraction of sp³-hybridized carbons (Fsp3) is 0.300. The number of carboxylic acid groups (broad SMARTS) is 1. The molecule has 1 aromatic rings. The highest BCUT2D eigenvalue weighted by molar-refractivity contribution is 9.09. The van der Waals surface area contributed by atoms with Gasteiger partial charge in [-0.1, -0.05) is 0 Å². The van der Waals surface area contributed by atoms with E-state index in [1.807, 2.05) is 0 Å². The number of rotatable bonds is 1. The molecule has 0 aromatic heterocycles. The number of aryl methyl sites for hydroxylation is 1. The lowest BCUT2D eigenvalue weighted by atomic mass is 10.0. The van der Waals surface area contributed by atoms with Gasteiger partial charge in [0.15, 0.2) is 5.01 Å². The van der Waals surface area contributed by atoms with Crippen LogP contribution in [-0.4, -0.2) is 16.1 Å². The molecule has 0 saturated carbocycles. The first-order chi connectivity index (χ1) is 6.66. The molecular formula is C10H9BrO3. The van der Waals surface area contributed by atoms with Crippen molar-refractivity contribution in [3.63, 3.8) is 0 Å². The highest BCUT2D eigenvalue weighted by atomic mass is 79.9. The maximum atomic E-state index is 10.7. The van der Waals surface area contributed by atoms with Crippen LogP contribution in [0.2, 0.25) is 0 Å². The minimum Gasteiger partial charge on any atom is -0.479 e. The van der Waals surface area contributed by atoms with E-state index in [1.54, 1.807) is 18.2 Å². The summed E-state index contributed by atoms with van der Waals surface area (Å²) in [6, 6.07) is 4.95. The minimum atomic E-state index is -0.895. The average molecular weight is 257 g/mol. The van der Waals surface area contributed by atoms with E-state index in [0.717, 1.165) is 24.2 Å². The molecule has 3 nitrogen and oxygen atoms in total. The summed E-state index contributed by atoms with van der Waals surface area (Å²) < 4.78 is 5.49. The molecule has 1 aromatic carbocycles. The summed E-state index contributed by atoms with van der Waals surface area (Å²) in [5.74, 6) is -0.114. The van der Waals surface area contributed by atoms with Crippen molar-refractivity contribution in [3.8, 4) is 5.75 Å². The topological polar surface area (TPSA) is 46.5 Å². The first-order valence-corrected chi connectivity index (χ1v) is 5.25. The smallest absolute Gasteiger partial charge is 0.335 e. The number of alkyl halides is 1. The predicted molar refractivity (Wildman–Crippen MR) is 55.1 cm³/mol. The van der Waals surface area contributed by atoms with Crippen LogP contribution in [-0.2, 0) is 6.42 Å². The number of hydrogen-bond acceptors (Lipinski definition) is 2. The Balaban J connectivity index is 2.36. The number of aromatic carboxylic acids is 1. The van der Waals surface area contributed by atoms with Gasteiger partial charge in [0, 0.05) is 0 Å². The van der Waals surface area contributed by atoms with E-state index in [9.17, 15) is 4.79 Å². The predicted octanol–water partition coefficient (Wildman–Crippen LogP) is 2.43. The van der Waals surface area contributed by atoms with Gasteiger partial charge in [-0.25, -0.2) is 4.79 Å². The van der Waals surface area contributed by atoms with Gasteiger partial charge in [-0.05, 0) is 52.5 Å². The van der Waals surface area contributed by atoms with Crippen molar-refractivity contribution in [2.45, 2.75) is 17.9 Å². The average Bonchev–Trinajstić information content (AvgIpc) is 2.16. The van der Waals surface area contributed by atoms with Crippen LogP contribution < -0.4 is 4.74 Å². The number of fused-ring (bicyclic) bond motifs is 1. The fourth-order valence-corrected chi connectivity index (χ4v) is 1.92. The lowest BCUT2D eigenvalue weighted by molar-refractivity contribution is 0.0696. The van der Waals surface area contributed by atoms with Crippen LogP contribution in [0.4, 0.5) is 0 Å². The molecule has 4 heteroatoms. The molecule has 74 valence electrons. The Morgan fingerprint density at radius 3 is 3.07 bits per heavy atom. The quantitative estimate of drug-likeness (QED) is 0.786. The molecule has 2 rings (SSSR count). The maximum Gasteiger partial charge on any atom is 0.335 e. The summed E-state index contributed by atoms with van der Waals surface area (Å²) in [5, 5.41) is 8.84. The van der Waals surface area contributed by atoms with E-state index < -0.39 is 5.97 Å². The fourth-order valence-electron chi connectivity index (χ4n) is 1.49. The molecule has 1 aliphatic heterocycles. The molecule has 1 aliphatic rings. The molecule has 0 saturated heterocycles. The summed E-state index contributed by atoms with van der Waals surface area (Å²) in [7, 11) is 0. The Hall–Kier alpha value is -1.03. The molecule has 1 heterocycles. The highest BCUT2D eigenvalue weighted by Gasteiger charge is 2.18. The van der Waals surface area contributed by atoms with Crippen molar-refractivity contribution in [2.24, 2.45) is 0 Å². The lowest BCUT2D eigenvalue weighted by Gasteiger charge is -2.21. The van der Waals surface area contributed by atoms with Gasteiger partial charge < -0.3 is 9.84 Å². The van der Waals surface area contributed by atoms with Gasteiger partial charge in [0.2, 0.25) is 0 Å². The molecule has 0 spiro atoms. The number of halogens is 1. The zero-order valence-electron chi connectivity index (χ0n) is 7.37. The van der Waals surface area contributed by atoms with Gasteiger partial charge in [0.25, 0.3) is 0 Å². The summed E-state index contributed by atoms with van der Waals surface area (Å²) in [6.07, 6.45) is 1.72. The molecule has 0 radical (unpaired) electrons. The number of carboxylic acids is 1. The van der Waals surface area contributed by atoms with Gasteiger partial charge >= 0.3 is 5.97 Å². The molecule has 1 N–H and O–H groups in total. The van der Waals surface area contributed by atoms with Gasteiger partial charge in [-0.3, -0.25) is 0 Å². The largest absolute Gasteiger partial charge is 0.479 e. The van der Waals surface area contributed by atoms with E-state index in [4.69, 9.17) is 9.84 Å². The van der Waals surface area contributed by atoms with E-state index >= 15 is 0 Å². The van der Waals surface area contributed by atoms with Crippen molar-refractivity contribution < 1.29 is 14.6 Å². The van der Waals surface area contributed by atoms with Crippen LogP contribution in [0.3, 0.4) is 0 Å². The molecular weight excluding hydrogens is 248 g/mol. The van der Waals surface area contributed by atoms with Crippen molar-refractivity contribution in [1.29, 1.82) is 0 Å². The normalized spacial score (nSPS) is 19.6.